The molecular weight excluding hydrogens is 339 g/mol. The van der Waals surface area contributed by atoms with Crippen LogP contribution >= 0.6 is 0 Å². The van der Waals surface area contributed by atoms with Crippen LogP contribution in [0, 0.1) is 5.82 Å². The minimum Gasteiger partial charge on any atom is -0.342 e. The fourth-order valence-electron chi connectivity index (χ4n) is 3.61. The summed E-state index contributed by atoms with van der Waals surface area (Å²) in [5, 5.41) is 0. The van der Waals surface area contributed by atoms with E-state index >= 15 is 0 Å². The van der Waals surface area contributed by atoms with Crippen LogP contribution in [0.3, 0.4) is 0 Å². The Hall–Kier alpha value is -3.21. The number of halogens is 1. The number of rotatable bonds is 3. The van der Waals surface area contributed by atoms with E-state index in [4.69, 9.17) is 4.98 Å². The normalized spacial score (nSPS) is 14.2. The van der Waals surface area contributed by atoms with Crippen molar-refractivity contribution in [3.63, 3.8) is 0 Å². The number of nitrogens with zero attached hydrogens (tertiary/aromatic N) is 3. The Balaban J connectivity index is 1.45. The predicted octanol–water partition coefficient (Wildman–Crippen LogP) is 5.03. The topological polar surface area (TPSA) is 44.8 Å². The van der Waals surface area contributed by atoms with E-state index in [2.05, 4.69) is 27.0 Å². The maximum atomic E-state index is 13.1. The molecule has 3 heterocycles. The number of imidazole rings is 1. The number of aromatic amines is 1. The molecule has 1 aliphatic heterocycles. The van der Waals surface area contributed by atoms with Gasteiger partial charge >= 0.3 is 0 Å². The van der Waals surface area contributed by atoms with Gasteiger partial charge in [0.2, 0.25) is 5.95 Å². The molecule has 1 aliphatic rings. The lowest BCUT2D eigenvalue weighted by atomic mass is 10.1. The largest absolute Gasteiger partial charge is 0.342 e. The summed E-state index contributed by atoms with van der Waals surface area (Å²) in [5.41, 5.74) is 5.87. The Morgan fingerprint density at radius 3 is 2.33 bits per heavy atom. The SMILES string of the molecule is Fc1ccc(-c2ccc(-c3ccc4nc(N5CCCC5)[nH]c4c3)nc2)cc1. The molecule has 5 rings (SSSR count). The van der Waals surface area contributed by atoms with Gasteiger partial charge in [0.25, 0.3) is 0 Å². The van der Waals surface area contributed by atoms with Gasteiger partial charge < -0.3 is 9.88 Å². The van der Waals surface area contributed by atoms with Gasteiger partial charge in [-0.2, -0.15) is 0 Å². The van der Waals surface area contributed by atoms with Crippen LogP contribution in [0.25, 0.3) is 33.4 Å². The molecule has 1 saturated heterocycles. The molecule has 0 radical (unpaired) electrons. The average Bonchev–Trinajstić information content (AvgIpc) is 3.38. The van der Waals surface area contributed by atoms with Crippen LogP contribution in [0.5, 0.6) is 0 Å². The lowest BCUT2D eigenvalue weighted by molar-refractivity contribution is 0.628. The average molecular weight is 358 g/mol. The van der Waals surface area contributed by atoms with Gasteiger partial charge in [0.05, 0.1) is 16.7 Å². The highest BCUT2D eigenvalue weighted by atomic mass is 19.1. The van der Waals surface area contributed by atoms with E-state index in [-0.39, 0.29) is 5.82 Å². The lowest BCUT2D eigenvalue weighted by Gasteiger charge is -2.12. The molecule has 0 atom stereocenters. The molecular formula is C22H19FN4. The molecule has 0 spiro atoms. The van der Waals surface area contributed by atoms with Crippen molar-refractivity contribution >= 4 is 17.0 Å². The van der Waals surface area contributed by atoms with E-state index in [1.54, 1.807) is 12.1 Å². The van der Waals surface area contributed by atoms with Crippen molar-refractivity contribution in [3.05, 3.63) is 66.6 Å². The monoisotopic (exact) mass is 358 g/mol. The number of aromatic nitrogens is 3. The number of fused-ring (bicyclic) bond motifs is 1. The van der Waals surface area contributed by atoms with Crippen LogP contribution in [-0.2, 0) is 0 Å². The molecule has 0 unspecified atom stereocenters. The first-order valence-corrected chi connectivity index (χ1v) is 9.23. The van der Waals surface area contributed by atoms with Crippen LogP contribution in [0.2, 0.25) is 0 Å². The third kappa shape index (κ3) is 3.05. The quantitative estimate of drug-likeness (QED) is 0.558. The van der Waals surface area contributed by atoms with E-state index in [1.807, 2.05) is 24.4 Å². The highest BCUT2D eigenvalue weighted by Crippen LogP contribution is 2.27. The number of benzene rings is 2. The van der Waals surface area contributed by atoms with Crippen LogP contribution in [0.15, 0.2) is 60.8 Å². The molecule has 4 aromatic rings. The molecule has 1 N–H and O–H groups in total. The Kier molecular flexibility index (Phi) is 3.85. The molecule has 5 heteroatoms. The third-order valence-corrected chi connectivity index (χ3v) is 5.11. The minimum absolute atomic E-state index is 0.232. The second-order valence-electron chi connectivity index (χ2n) is 6.93. The van der Waals surface area contributed by atoms with Gasteiger partial charge in [-0.15, -0.1) is 0 Å². The smallest absolute Gasteiger partial charge is 0.203 e. The molecule has 2 aromatic heterocycles. The van der Waals surface area contributed by atoms with Gasteiger partial charge in [-0.25, -0.2) is 9.37 Å². The van der Waals surface area contributed by atoms with E-state index in [1.165, 1.54) is 25.0 Å². The molecule has 2 aromatic carbocycles. The zero-order valence-corrected chi connectivity index (χ0v) is 14.8. The predicted molar refractivity (Wildman–Crippen MR) is 106 cm³/mol. The van der Waals surface area contributed by atoms with E-state index in [9.17, 15) is 4.39 Å². The molecule has 1 fully saturated rings. The Labute approximate surface area is 156 Å². The van der Waals surface area contributed by atoms with Crippen LogP contribution in [0.1, 0.15) is 12.8 Å². The molecule has 4 nitrogen and oxygen atoms in total. The van der Waals surface area contributed by atoms with Gasteiger partial charge in [0, 0.05) is 30.4 Å². The summed E-state index contributed by atoms with van der Waals surface area (Å²) in [6.45, 7) is 2.14. The van der Waals surface area contributed by atoms with Crippen molar-refractivity contribution in [1.82, 2.24) is 15.0 Å². The van der Waals surface area contributed by atoms with Crippen molar-refractivity contribution in [3.8, 4) is 22.4 Å². The third-order valence-electron chi connectivity index (χ3n) is 5.11. The van der Waals surface area contributed by atoms with Crippen LogP contribution < -0.4 is 4.90 Å². The summed E-state index contributed by atoms with van der Waals surface area (Å²) in [7, 11) is 0. The molecule has 134 valence electrons. The second-order valence-corrected chi connectivity index (χ2v) is 6.93. The number of hydrogen-bond donors (Lipinski definition) is 1. The fraction of sp³-hybridized carbons (Fsp3) is 0.182. The zero-order valence-electron chi connectivity index (χ0n) is 14.8. The van der Waals surface area contributed by atoms with Crippen LogP contribution in [-0.4, -0.2) is 28.0 Å². The highest BCUT2D eigenvalue weighted by Gasteiger charge is 2.16. The summed E-state index contributed by atoms with van der Waals surface area (Å²) >= 11 is 0. The summed E-state index contributed by atoms with van der Waals surface area (Å²) in [4.78, 5) is 15.1. The van der Waals surface area contributed by atoms with Crippen molar-refractivity contribution in [2.45, 2.75) is 12.8 Å². The van der Waals surface area contributed by atoms with E-state index in [0.717, 1.165) is 52.5 Å². The second kappa shape index (κ2) is 6.50. The van der Waals surface area contributed by atoms with Gasteiger partial charge in [-0.3, -0.25) is 4.98 Å². The Bertz CT molecular complexity index is 1080. The summed E-state index contributed by atoms with van der Waals surface area (Å²) in [6, 6.07) is 16.7. The maximum absolute atomic E-state index is 13.1. The van der Waals surface area contributed by atoms with Gasteiger partial charge in [-0.1, -0.05) is 24.3 Å². The maximum Gasteiger partial charge on any atom is 0.203 e. The molecule has 0 bridgehead atoms. The first-order chi connectivity index (χ1) is 13.3. The van der Waals surface area contributed by atoms with Crippen LogP contribution in [0.4, 0.5) is 10.3 Å². The number of H-pyrrole nitrogens is 1. The lowest BCUT2D eigenvalue weighted by Crippen LogP contribution is -2.18. The molecule has 0 saturated carbocycles. The highest BCUT2D eigenvalue weighted by molar-refractivity contribution is 5.83. The first-order valence-electron chi connectivity index (χ1n) is 9.23. The fourth-order valence-corrected chi connectivity index (χ4v) is 3.61. The number of nitrogens with one attached hydrogen (secondary N) is 1. The van der Waals surface area contributed by atoms with E-state index in [0.29, 0.717) is 0 Å². The standard InChI is InChI=1S/C22H19FN4/c23-18-7-3-15(4-8-18)17-6-9-19(24-14-17)16-5-10-20-21(13-16)26-22(25-20)27-11-1-2-12-27/h3-10,13-14H,1-2,11-12H2,(H,25,26). The number of hydrogen-bond acceptors (Lipinski definition) is 3. The summed E-state index contributed by atoms with van der Waals surface area (Å²) in [6.07, 6.45) is 4.29. The van der Waals surface area contributed by atoms with Crippen molar-refractivity contribution in [2.24, 2.45) is 0 Å². The van der Waals surface area contributed by atoms with Crippen molar-refractivity contribution in [1.29, 1.82) is 0 Å². The van der Waals surface area contributed by atoms with Crippen molar-refractivity contribution in [2.75, 3.05) is 18.0 Å². The van der Waals surface area contributed by atoms with Gasteiger partial charge in [-0.05, 0) is 48.7 Å². The zero-order chi connectivity index (χ0) is 18.2. The number of anilines is 1. The van der Waals surface area contributed by atoms with E-state index < -0.39 is 0 Å². The number of pyridine rings is 1. The van der Waals surface area contributed by atoms with Crippen molar-refractivity contribution < 1.29 is 4.39 Å². The summed E-state index contributed by atoms with van der Waals surface area (Å²) in [5.74, 6) is 0.726. The molecule has 27 heavy (non-hydrogen) atoms. The Morgan fingerprint density at radius 1 is 0.852 bits per heavy atom. The first kappa shape index (κ1) is 16.0. The Morgan fingerprint density at radius 2 is 1.59 bits per heavy atom. The van der Waals surface area contributed by atoms with Gasteiger partial charge in [0.1, 0.15) is 5.82 Å². The summed E-state index contributed by atoms with van der Waals surface area (Å²) < 4.78 is 13.1. The molecule has 0 amide bonds. The van der Waals surface area contributed by atoms with Gasteiger partial charge in [0.15, 0.2) is 0 Å². The minimum atomic E-state index is -0.232. The molecule has 0 aliphatic carbocycles.